The van der Waals surface area contributed by atoms with Gasteiger partial charge in [0.2, 0.25) is 0 Å². The van der Waals surface area contributed by atoms with E-state index < -0.39 is 0 Å². The first-order chi connectivity index (χ1) is 14.5. The van der Waals surface area contributed by atoms with Gasteiger partial charge in [0.25, 0.3) is 0 Å². The number of carbonyl (C=O) groups is 1. The minimum atomic E-state index is -0.239. The largest absolute Gasteiger partial charge is 0.457 e. The number of hydrogen-bond acceptors (Lipinski definition) is 7. The van der Waals surface area contributed by atoms with Crippen LogP contribution in [0.15, 0.2) is 36.9 Å². The van der Waals surface area contributed by atoms with Gasteiger partial charge in [-0.25, -0.2) is 14.5 Å². The maximum atomic E-state index is 11.7. The van der Waals surface area contributed by atoms with Crippen LogP contribution in [-0.4, -0.2) is 55.4 Å². The number of ether oxygens (including phenoxy) is 1. The van der Waals surface area contributed by atoms with E-state index in [9.17, 15) is 9.90 Å². The predicted octanol–water partition coefficient (Wildman–Crippen LogP) is 1.99. The number of cyclic esters (lactones) is 1. The van der Waals surface area contributed by atoms with Crippen LogP contribution >= 0.6 is 0 Å². The second-order valence-corrected chi connectivity index (χ2v) is 7.51. The van der Waals surface area contributed by atoms with Gasteiger partial charge in [-0.05, 0) is 37.5 Å². The Morgan fingerprint density at radius 2 is 2.07 bits per heavy atom. The Hall–Kier alpha value is -3.10. The molecule has 30 heavy (non-hydrogen) atoms. The molecule has 0 spiro atoms. The van der Waals surface area contributed by atoms with Crippen LogP contribution in [0.3, 0.4) is 0 Å². The van der Waals surface area contributed by atoms with Crippen molar-refractivity contribution in [1.29, 1.82) is 0 Å². The van der Waals surface area contributed by atoms with Crippen LogP contribution in [0.4, 0.5) is 0 Å². The number of benzene rings is 1. The van der Waals surface area contributed by atoms with Crippen LogP contribution in [0, 0.1) is 13.8 Å². The number of esters is 1. The summed E-state index contributed by atoms with van der Waals surface area (Å²) in [6.07, 6.45) is 7.97. The summed E-state index contributed by atoms with van der Waals surface area (Å²) >= 11 is 0. The fourth-order valence-electron chi connectivity index (χ4n) is 3.74. The maximum Gasteiger partial charge on any atom is 0.338 e. The third-order valence-electron chi connectivity index (χ3n) is 5.41. The Morgan fingerprint density at radius 1 is 1.20 bits per heavy atom. The van der Waals surface area contributed by atoms with E-state index in [0.717, 1.165) is 35.3 Å². The van der Waals surface area contributed by atoms with Gasteiger partial charge in [-0.15, -0.1) is 0 Å². The lowest BCUT2D eigenvalue weighted by molar-refractivity contribution is 0.0535. The molecular weight excluding hydrogens is 382 g/mol. The summed E-state index contributed by atoms with van der Waals surface area (Å²) in [5.41, 5.74) is 5.86. The van der Waals surface area contributed by atoms with Crippen LogP contribution in [0.25, 0.3) is 5.82 Å². The Labute approximate surface area is 175 Å². The lowest BCUT2D eigenvalue weighted by atomic mass is 9.96. The Morgan fingerprint density at radius 3 is 2.87 bits per heavy atom. The highest BCUT2D eigenvalue weighted by Gasteiger charge is 2.23. The number of aryl methyl sites for hydroxylation is 1. The Kier molecular flexibility index (Phi) is 5.87. The van der Waals surface area contributed by atoms with E-state index in [-0.39, 0.29) is 12.6 Å². The molecule has 1 aromatic carbocycles. The van der Waals surface area contributed by atoms with Crippen molar-refractivity contribution in [1.82, 2.24) is 24.6 Å². The third kappa shape index (κ3) is 4.24. The predicted molar refractivity (Wildman–Crippen MR) is 110 cm³/mol. The molecule has 0 bridgehead atoms. The molecule has 1 aliphatic rings. The fourth-order valence-corrected chi connectivity index (χ4v) is 3.74. The minimum Gasteiger partial charge on any atom is -0.457 e. The molecule has 0 atom stereocenters. The maximum absolute atomic E-state index is 11.7. The zero-order valence-corrected chi connectivity index (χ0v) is 17.2. The van der Waals surface area contributed by atoms with Crippen LogP contribution in [0.1, 0.15) is 38.3 Å². The van der Waals surface area contributed by atoms with Crippen LogP contribution in [0.5, 0.6) is 0 Å². The van der Waals surface area contributed by atoms with Crippen molar-refractivity contribution in [3.63, 3.8) is 0 Å². The molecule has 1 N–H and O–H groups in total. The molecule has 156 valence electrons. The number of nitrogens with zero attached hydrogens (tertiary/aromatic N) is 5. The van der Waals surface area contributed by atoms with E-state index in [2.05, 4.69) is 20.0 Å². The van der Waals surface area contributed by atoms with Gasteiger partial charge in [0.05, 0.1) is 30.3 Å². The van der Waals surface area contributed by atoms with Gasteiger partial charge in [0.1, 0.15) is 6.61 Å². The number of rotatable bonds is 8. The average molecular weight is 407 g/mol. The SMILES string of the molecule is Cc1cncc(-n2cc(CN(CCO)CCc3ccc4c(c3C)COC4=O)cn2)n1. The first-order valence-corrected chi connectivity index (χ1v) is 9.99. The molecular formula is C22H25N5O3. The van der Waals surface area contributed by atoms with E-state index >= 15 is 0 Å². The van der Waals surface area contributed by atoms with Gasteiger partial charge < -0.3 is 9.84 Å². The summed E-state index contributed by atoms with van der Waals surface area (Å²) in [5.74, 6) is 0.442. The third-order valence-corrected chi connectivity index (χ3v) is 5.41. The van der Waals surface area contributed by atoms with E-state index in [1.165, 1.54) is 5.56 Å². The van der Waals surface area contributed by atoms with Gasteiger partial charge in [-0.2, -0.15) is 5.10 Å². The second kappa shape index (κ2) is 8.73. The highest BCUT2D eigenvalue weighted by atomic mass is 16.5. The van der Waals surface area contributed by atoms with Gasteiger partial charge in [-0.3, -0.25) is 9.88 Å². The topological polar surface area (TPSA) is 93.4 Å². The molecule has 0 aliphatic carbocycles. The summed E-state index contributed by atoms with van der Waals surface area (Å²) in [6.45, 7) is 6.40. The van der Waals surface area contributed by atoms with Gasteiger partial charge in [-0.1, -0.05) is 6.07 Å². The van der Waals surface area contributed by atoms with Crippen LogP contribution in [0.2, 0.25) is 0 Å². The lowest BCUT2D eigenvalue weighted by Gasteiger charge is -2.21. The molecule has 0 saturated carbocycles. The molecule has 0 fully saturated rings. The first kappa shape index (κ1) is 20.2. The molecule has 3 aromatic rings. The van der Waals surface area contributed by atoms with Crippen molar-refractivity contribution in [3.05, 3.63) is 70.4 Å². The van der Waals surface area contributed by atoms with Crippen LogP contribution < -0.4 is 0 Å². The van der Waals surface area contributed by atoms with Crippen molar-refractivity contribution >= 4 is 5.97 Å². The van der Waals surface area contributed by atoms with Crippen molar-refractivity contribution in [2.75, 3.05) is 19.7 Å². The van der Waals surface area contributed by atoms with E-state index in [1.54, 1.807) is 17.1 Å². The molecule has 0 unspecified atom stereocenters. The average Bonchev–Trinajstić information content (AvgIpc) is 3.35. The normalized spacial score (nSPS) is 13.0. The smallest absolute Gasteiger partial charge is 0.338 e. The van der Waals surface area contributed by atoms with Gasteiger partial charge >= 0.3 is 5.97 Å². The molecule has 8 heteroatoms. The highest BCUT2D eigenvalue weighted by molar-refractivity contribution is 5.93. The molecule has 0 amide bonds. The van der Waals surface area contributed by atoms with Gasteiger partial charge in [0, 0.05) is 43.2 Å². The number of aliphatic hydroxyl groups is 1. The number of aromatic nitrogens is 4. The van der Waals surface area contributed by atoms with Crippen LogP contribution in [-0.2, 0) is 24.3 Å². The molecule has 1 aliphatic heterocycles. The monoisotopic (exact) mass is 407 g/mol. The fraction of sp³-hybridized carbons (Fsp3) is 0.364. The first-order valence-electron chi connectivity index (χ1n) is 9.99. The van der Waals surface area contributed by atoms with Crippen molar-refractivity contribution in [3.8, 4) is 5.82 Å². The molecule has 3 heterocycles. The summed E-state index contributed by atoms with van der Waals surface area (Å²) in [7, 11) is 0. The standard InChI is InChI=1S/C22H25N5O3/c1-15-9-23-11-21(25-15)27-13-17(10-24-27)12-26(7-8-28)6-5-18-3-4-19-20(16(18)2)14-30-22(19)29/h3-4,9-11,13,28H,5-8,12,14H2,1-2H3. The summed E-state index contributed by atoms with van der Waals surface area (Å²) in [5, 5.41) is 13.9. The van der Waals surface area contributed by atoms with Gasteiger partial charge in [0.15, 0.2) is 5.82 Å². The second-order valence-electron chi connectivity index (χ2n) is 7.51. The molecule has 8 nitrogen and oxygen atoms in total. The zero-order valence-electron chi connectivity index (χ0n) is 17.2. The number of hydrogen-bond donors (Lipinski definition) is 1. The minimum absolute atomic E-state index is 0.0863. The molecule has 0 radical (unpaired) electrons. The number of carbonyl (C=O) groups excluding carboxylic acids is 1. The summed E-state index contributed by atoms with van der Waals surface area (Å²) < 4.78 is 6.86. The molecule has 0 saturated heterocycles. The van der Waals surface area contributed by atoms with Crippen molar-refractivity contribution < 1.29 is 14.6 Å². The van der Waals surface area contributed by atoms with E-state index in [1.807, 2.05) is 38.4 Å². The molecule has 2 aromatic heterocycles. The summed E-state index contributed by atoms with van der Waals surface area (Å²) in [4.78, 5) is 22.5. The summed E-state index contributed by atoms with van der Waals surface area (Å²) in [6, 6.07) is 3.86. The highest BCUT2D eigenvalue weighted by Crippen LogP contribution is 2.26. The Bertz CT molecular complexity index is 1060. The number of aliphatic hydroxyl groups excluding tert-OH is 1. The van der Waals surface area contributed by atoms with E-state index in [0.29, 0.717) is 31.1 Å². The quantitative estimate of drug-likeness (QED) is 0.571. The molecule has 4 rings (SSSR count). The van der Waals surface area contributed by atoms with Crippen molar-refractivity contribution in [2.45, 2.75) is 33.4 Å². The Balaban J connectivity index is 1.43. The zero-order chi connectivity index (χ0) is 21.1. The van der Waals surface area contributed by atoms with E-state index in [4.69, 9.17) is 4.74 Å². The van der Waals surface area contributed by atoms with Crippen molar-refractivity contribution in [2.24, 2.45) is 0 Å². The lowest BCUT2D eigenvalue weighted by Crippen LogP contribution is -2.28. The number of fused-ring (bicyclic) bond motifs is 1.